The predicted octanol–water partition coefficient (Wildman–Crippen LogP) is 2.41. The summed E-state index contributed by atoms with van der Waals surface area (Å²) < 4.78 is 0. The minimum Gasteiger partial charge on any atom is -0.356 e. The van der Waals surface area contributed by atoms with Crippen LogP contribution in [0.4, 0.5) is 5.82 Å². The van der Waals surface area contributed by atoms with Crippen molar-refractivity contribution in [3.63, 3.8) is 0 Å². The van der Waals surface area contributed by atoms with Crippen molar-refractivity contribution < 1.29 is 0 Å². The maximum absolute atomic E-state index is 4.55. The van der Waals surface area contributed by atoms with Crippen molar-refractivity contribution in [2.24, 2.45) is 0 Å². The van der Waals surface area contributed by atoms with Gasteiger partial charge in [-0.25, -0.2) is 4.98 Å². The Hall–Kier alpha value is -1.87. The molecular formula is C17H21N3. The first-order chi connectivity index (χ1) is 9.86. The van der Waals surface area contributed by atoms with E-state index >= 15 is 0 Å². The van der Waals surface area contributed by atoms with Gasteiger partial charge in [0, 0.05) is 25.8 Å². The van der Waals surface area contributed by atoms with Gasteiger partial charge in [-0.1, -0.05) is 24.3 Å². The van der Waals surface area contributed by atoms with Gasteiger partial charge in [0.15, 0.2) is 0 Å². The second-order valence-corrected chi connectivity index (χ2v) is 5.31. The van der Waals surface area contributed by atoms with E-state index in [1.807, 2.05) is 13.2 Å². The van der Waals surface area contributed by atoms with Crippen LogP contribution in [0.2, 0.25) is 0 Å². The van der Waals surface area contributed by atoms with Crippen LogP contribution in [0.5, 0.6) is 0 Å². The van der Waals surface area contributed by atoms with Crippen LogP contribution in [0.3, 0.4) is 0 Å². The summed E-state index contributed by atoms with van der Waals surface area (Å²) in [4.78, 5) is 6.95. The second kappa shape index (κ2) is 6.06. The third-order valence-electron chi connectivity index (χ3n) is 3.94. The molecule has 0 bridgehead atoms. The highest BCUT2D eigenvalue weighted by atomic mass is 15.2. The number of aromatic nitrogens is 1. The smallest absolute Gasteiger partial charge is 0.128 e. The fourth-order valence-electron chi connectivity index (χ4n) is 2.84. The summed E-state index contributed by atoms with van der Waals surface area (Å²) in [6, 6.07) is 13.1. The van der Waals surface area contributed by atoms with E-state index in [1.165, 1.54) is 16.7 Å². The quantitative estimate of drug-likeness (QED) is 0.925. The molecule has 0 saturated carbocycles. The molecule has 0 atom stereocenters. The fraction of sp³-hybridized carbons (Fsp3) is 0.353. The van der Waals surface area contributed by atoms with Crippen LogP contribution in [0.15, 0.2) is 42.6 Å². The van der Waals surface area contributed by atoms with Crippen LogP contribution in [-0.4, -0.2) is 25.1 Å². The largest absolute Gasteiger partial charge is 0.356 e. The molecule has 0 amide bonds. The standard InChI is InChI=1S/C17H21N3/c1-18-13-14-6-9-19-17(12-14)20-10-7-15-4-2-3-5-16(15)8-11-20/h2-6,9,12,18H,7-8,10-11,13H2,1H3. The van der Waals surface area contributed by atoms with Crippen molar-refractivity contribution in [3.05, 3.63) is 59.3 Å². The van der Waals surface area contributed by atoms with E-state index in [2.05, 4.69) is 51.6 Å². The molecule has 2 heterocycles. The number of nitrogens with zero attached hydrogens (tertiary/aromatic N) is 2. The molecule has 1 aliphatic heterocycles. The highest BCUT2D eigenvalue weighted by Crippen LogP contribution is 2.20. The van der Waals surface area contributed by atoms with Crippen LogP contribution in [0, 0.1) is 0 Å². The highest BCUT2D eigenvalue weighted by Gasteiger charge is 2.14. The summed E-state index contributed by atoms with van der Waals surface area (Å²) in [5.74, 6) is 1.10. The summed E-state index contributed by atoms with van der Waals surface area (Å²) in [6.45, 7) is 2.99. The first-order valence-corrected chi connectivity index (χ1v) is 7.28. The zero-order valence-corrected chi connectivity index (χ0v) is 12.0. The molecule has 1 aliphatic rings. The Labute approximate surface area is 120 Å². The number of benzene rings is 1. The zero-order chi connectivity index (χ0) is 13.8. The van der Waals surface area contributed by atoms with E-state index in [1.54, 1.807) is 0 Å². The summed E-state index contributed by atoms with van der Waals surface area (Å²) >= 11 is 0. The average Bonchev–Trinajstić information content (AvgIpc) is 2.70. The summed E-state index contributed by atoms with van der Waals surface area (Å²) in [5.41, 5.74) is 4.27. The maximum atomic E-state index is 4.55. The van der Waals surface area contributed by atoms with Crippen molar-refractivity contribution >= 4 is 5.82 Å². The average molecular weight is 267 g/mol. The number of anilines is 1. The molecule has 3 heteroatoms. The predicted molar refractivity (Wildman–Crippen MR) is 83.1 cm³/mol. The van der Waals surface area contributed by atoms with Gasteiger partial charge >= 0.3 is 0 Å². The number of rotatable bonds is 3. The maximum Gasteiger partial charge on any atom is 0.128 e. The van der Waals surface area contributed by atoms with Crippen molar-refractivity contribution in [1.29, 1.82) is 0 Å². The minimum absolute atomic E-state index is 0.892. The van der Waals surface area contributed by atoms with Gasteiger partial charge in [0.1, 0.15) is 5.82 Å². The molecule has 0 radical (unpaired) electrons. The number of fused-ring (bicyclic) bond motifs is 1. The molecule has 3 rings (SSSR count). The summed E-state index contributed by atoms with van der Waals surface area (Å²) in [6.07, 6.45) is 4.13. The van der Waals surface area contributed by atoms with Crippen molar-refractivity contribution in [1.82, 2.24) is 10.3 Å². The molecule has 0 aliphatic carbocycles. The number of hydrogen-bond acceptors (Lipinski definition) is 3. The molecule has 3 nitrogen and oxygen atoms in total. The highest BCUT2D eigenvalue weighted by molar-refractivity contribution is 5.43. The molecule has 0 unspecified atom stereocenters. The Bertz CT molecular complexity index is 553. The van der Waals surface area contributed by atoms with E-state index in [4.69, 9.17) is 0 Å². The zero-order valence-electron chi connectivity index (χ0n) is 12.0. The van der Waals surface area contributed by atoms with Crippen LogP contribution in [0.25, 0.3) is 0 Å². The SMILES string of the molecule is CNCc1ccnc(N2CCc3ccccc3CC2)c1. The van der Waals surface area contributed by atoms with Gasteiger partial charge in [0.05, 0.1) is 0 Å². The number of nitrogens with one attached hydrogen (secondary N) is 1. The number of pyridine rings is 1. The van der Waals surface area contributed by atoms with E-state index in [9.17, 15) is 0 Å². The lowest BCUT2D eigenvalue weighted by atomic mass is 10.0. The Balaban J connectivity index is 1.78. The van der Waals surface area contributed by atoms with Gasteiger partial charge < -0.3 is 10.2 Å². The molecular weight excluding hydrogens is 246 g/mol. The first kappa shape index (κ1) is 13.1. The third-order valence-corrected chi connectivity index (χ3v) is 3.94. The lowest BCUT2D eigenvalue weighted by Gasteiger charge is -2.21. The lowest BCUT2D eigenvalue weighted by Crippen LogP contribution is -2.27. The lowest BCUT2D eigenvalue weighted by molar-refractivity contribution is 0.780. The molecule has 20 heavy (non-hydrogen) atoms. The third kappa shape index (κ3) is 2.83. The van der Waals surface area contributed by atoms with Crippen LogP contribution >= 0.6 is 0 Å². The Morgan fingerprint density at radius 3 is 2.45 bits per heavy atom. The Kier molecular flexibility index (Phi) is 3.97. The van der Waals surface area contributed by atoms with Gasteiger partial charge in [0.2, 0.25) is 0 Å². The van der Waals surface area contributed by atoms with Gasteiger partial charge in [-0.3, -0.25) is 0 Å². The molecule has 0 saturated heterocycles. The van der Waals surface area contributed by atoms with Crippen molar-refractivity contribution in [2.45, 2.75) is 19.4 Å². The minimum atomic E-state index is 0.892. The van der Waals surface area contributed by atoms with Gasteiger partial charge in [-0.15, -0.1) is 0 Å². The second-order valence-electron chi connectivity index (χ2n) is 5.31. The Morgan fingerprint density at radius 2 is 1.80 bits per heavy atom. The van der Waals surface area contributed by atoms with Crippen molar-refractivity contribution in [2.75, 3.05) is 25.0 Å². The summed E-state index contributed by atoms with van der Waals surface area (Å²) in [5, 5.41) is 3.19. The molecule has 0 spiro atoms. The van der Waals surface area contributed by atoms with E-state index in [0.717, 1.165) is 38.3 Å². The van der Waals surface area contributed by atoms with E-state index < -0.39 is 0 Å². The normalized spacial score (nSPS) is 14.8. The van der Waals surface area contributed by atoms with Crippen LogP contribution < -0.4 is 10.2 Å². The van der Waals surface area contributed by atoms with Gasteiger partial charge in [-0.2, -0.15) is 0 Å². The molecule has 1 aromatic heterocycles. The van der Waals surface area contributed by atoms with Crippen LogP contribution in [0.1, 0.15) is 16.7 Å². The first-order valence-electron chi connectivity index (χ1n) is 7.28. The van der Waals surface area contributed by atoms with E-state index in [0.29, 0.717) is 0 Å². The molecule has 1 N–H and O–H groups in total. The Morgan fingerprint density at radius 1 is 1.10 bits per heavy atom. The molecule has 1 aromatic carbocycles. The van der Waals surface area contributed by atoms with Gasteiger partial charge in [0.25, 0.3) is 0 Å². The van der Waals surface area contributed by atoms with Gasteiger partial charge in [-0.05, 0) is 48.7 Å². The topological polar surface area (TPSA) is 28.2 Å². The van der Waals surface area contributed by atoms with E-state index in [-0.39, 0.29) is 0 Å². The monoisotopic (exact) mass is 267 g/mol. The fourth-order valence-corrected chi connectivity index (χ4v) is 2.84. The molecule has 104 valence electrons. The van der Waals surface area contributed by atoms with Crippen LogP contribution in [-0.2, 0) is 19.4 Å². The molecule has 0 fully saturated rings. The number of hydrogen-bond donors (Lipinski definition) is 1. The van der Waals surface area contributed by atoms with Crippen molar-refractivity contribution in [3.8, 4) is 0 Å². The summed E-state index contributed by atoms with van der Waals surface area (Å²) in [7, 11) is 1.97. The molecule has 2 aromatic rings.